The standard InChI is InChI=1S/C10H15BN4O6S/c12-10-14-6(4-22-10)8(9(18)13-5-11(19)20)15-21-3-1-2-7(16)17/h4,19-20H,1-3,5H2,(H2,12,14)(H,13,18)(H,16,17)/b15-8+. The first-order valence-corrected chi connectivity index (χ1v) is 7.05. The van der Waals surface area contributed by atoms with Crippen LogP contribution >= 0.6 is 11.3 Å². The number of carbonyl (C=O) groups excluding carboxylic acids is 1. The van der Waals surface area contributed by atoms with Crippen molar-refractivity contribution < 1.29 is 29.6 Å². The average molecular weight is 330 g/mol. The smallest absolute Gasteiger partial charge is 0.472 e. The first-order valence-electron chi connectivity index (χ1n) is 6.17. The third-order valence-corrected chi connectivity index (χ3v) is 2.88. The van der Waals surface area contributed by atoms with Crippen LogP contribution in [0.3, 0.4) is 0 Å². The first kappa shape index (κ1) is 17.9. The first-order chi connectivity index (χ1) is 10.4. The van der Waals surface area contributed by atoms with Gasteiger partial charge in [-0.15, -0.1) is 11.3 Å². The van der Waals surface area contributed by atoms with E-state index >= 15 is 0 Å². The SMILES string of the molecule is Nc1nc(/C(=N\OCCCC(=O)O)C(=O)NCB(O)O)cs1. The van der Waals surface area contributed by atoms with Gasteiger partial charge in [0.05, 0.1) is 6.44 Å². The molecule has 0 aliphatic carbocycles. The number of carbonyl (C=O) groups is 2. The van der Waals surface area contributed by atoms with Gasteiger partial charge in [-0.3, -0.25) is 9.59 Å². The second-order valence-corrected chi connectivity index (χ2v) is 4.92. The summed E-state index contributed by atoms with van der Waals surface area (Å²) in [5.74, 6) is -1.69. The number of hydrogen-bond acceptors (Lipinski definition) is 9. The third-order valence-electron chi connectivity index (χ3n) is 2.21. The van der Waals surface area contributed by atoms with Gasteiger partial charge in [0.15, 0.2) is 10.8 Å². The van der Waals surface area contributed by atoms with Gasteiger partial charge >= 0.3 is 13.1 Å². The van der Waals surface area contributed by atoms with E-state index in [0.717, 1.165) is 11.3 Å². The Morgan fingerprint density at radius 3 is 2.77 bits per heavy atom. The van der Waals surface area contributed by atoms with Gasteiger partial charge in [-0.05, 0) is 6.42 Å². The van der Waals surface area contributed by atoms with Gasteiger partial charge in [0.2, 0.25) is 0 Å². The van der Waals surface area contributed by atoms with Crippen molar-refractivity contribution in [1.29, 1.82) is 0 Å². The van der Waals surface area contributed by atoms with Crippen molar-refractivity contribution in [2.75, 3.05) is 18.8 Å². The van der Waals surface area contributed by atoms with Crippen LogP contribution in [0, 0.1) is 0 Å². The monoisotopic (exact) mass is 330 g/mol. The normalized spacial score (nSPS) is 11.1. The van der Waals surface area contributed by atoms with Crippen LogP contribution in [0.4, 0.5) is 5.13 Å². The van der Waals surface area contributed by atoms with Gasteiger partial charge in [-0.25, -0.2) is 4.98 Å². The van der Waals surface area contributed by atoms with E-state index in [1.807, 2.05) is 0 Å². The molecule has 0 fully saturated rings. The molecule has 1 amide bonds. The summed E-state index contributed by atoms with van der Waals surface area (Å²) < 4.78 is 0. The van der Waals surface area contributed by atoms with E-state index in [2.05, 4.69) is 15.5 Å². The van der Waals surface area contributed by atoms with E-state index in [9.17, 15) is 9.59 Å². The maximum atomic E-state index is 11.9. The Bertz CT molecular complexity index is 549. The van der Waals surface area contributed by atoms with Crippen molar-refractivity contribution in [2.24, 2.45) is 5.16 Å². The van der Waals surface area contributed by atoms with Gasteiger partial charge in [0.25, 0.3) is 5.91 Å². The minimum Gasteiger partial charge on any atom is -0.481 e. The predicted molar refractivity (Wildman–Crippen MR) is 79.1 cm³/mol. The molecule has 0 spiro atoms. The zero-order valence-electron chi connectivity index (χ0n) is 11.4. The molecule has 0 aliphatic rings. The lowest BCUT2D eigenvalue weighted by Crippen LogP contribution is -2.39. The molecule has 0 aromatic carbocycles. The highest BCUT2D eigenvalue weighted by Crippen LogP contribution is 2.12. The number of anilines is 1. The van der Waals surface area contributed by atoms with Crippen LogP contribution in [0.25, 0.3) is 0 Å². The topological polar surface area (TPSA) is 167 Å². The number of rotatable bonds is 9. The van der Waals surface area contributed by atoms with Gasteiger partial charge in [0.1, 0.15) is 12.3 Å². The summed E-state index contributed by atoms with van der Waals surface area (Å²) in [4.78, 5) is 31.1. The van der Waals surface area contributed by atoms with E-state index in [0.29, 0.717) is 0 Å². The summed E-state index contributed by atoms with van der Waals surface area (Å²) in [6.07, 6.45) is -0.254. The number of amides is 1. The van der Waals surface area contributed by atoms with E-state index in [1.165, 1.54) is 5.38 Å². The molecule has 0 unspecified atom stereocenters. The fourth-order valence-corrected chi connectivity index (χ4v) is 1.81. The molecule has 1 aromatic rings. The molecule has 1 rings (SSSR count). The lowest BCUT2D eigenvalue weighted by molar-refractivity contribution is -0.137. The number of nitrogens with zero attached hydrogens (tertiary/aromatic N) is 2. The minimum atomic E-state index is -1.71. The zero-order valence-corrected chi connectivity index (χ0v) is 12.2. The van der Waals surface area contributed by atoms with E-state index in [1.54, 1.807) is 0 Å². The molecule has 0 radical (unpaired) electrons. The number of nitrogen functional groups attached to an aromatic ring is 1. The lowest BCUT2D eigenvalue weighted by atomic mass is 9.92. The summed E-state index contributed by atoms with van der Waals surface area (Å²) in [6.45, 7) is 0.00528. The highest BCUT2D eigenvalue weighted by atomic mass is 32.1. The molecule has 120 valence electrons. The van der Waals surface area contributed by atoms with Crippen molar-refractivity contribution in [1.82, 2.24) is 10.3 Å². The molecule has 10 nitrogen and oxygen atoms in total. The van der Waals surface area contributed by atoms with Gasteiger partial charge in [0, 0.05) is 11.8 Å². The number of hydrogen-bond donors (Lipinski definition) is 5. The largest absolute Gasteiger partial charge is 0.481 e. The predicted octanol–water partition coefficient (Wildman–Crippen LogP) is -1.56. The van der Waals surface area contributed by atoms with Crippen LogP contribution in [0.2, 0.25) is 0 Å². The highest BCUT2D eigenvalue weighted by Gasteiger charge is 2.20. The second kappa shape index (κ2) is 8.97. The maximum absolute atomic E-state index is 11.9. The number of nitrogens with two attached hydrogens (primary N) is 1. The molecule has 0 bridgehead atoms. The molecule has 0 saturated carbocycles. The molecule has 12 heteroatoms. The third kappa shape index (κ3) is 6.52. The Morgan fingerprint density at radius 1 is 1.50 bits per heavy atom. The fraction of sp³-hybridized carbons (Fsp3) is 0.400. The number of oxime groups is 1. The Morgan fingerprint density at radius 2 is 2.23 bits per heavy atom. The van der Waals surface area contributed by atoms with Gasteiger partial charge < -0.3 is 31.0 Å². The Hall–Kier alpha value is -2.18. The number of aliphatic carboxylic acids is 1. The maximum Gasteiger partial charge on any atom is 0.472 e. The van der Waals surface area contributed by atoms with Gasteiger partial charge in [-0.2, -0.15) is 0 Å². The zero-order chi connectivity index (χ0) is 16.5. The molecule has 1 aromatic heterocycles. The number of carboxylic acid groups (broad SMARTS) is 1. The molecule has 0 aliphatic heterocycles. The summed E-state index contributed by atoms with van der Waals surface area (Å²) in [5, 5.41) is 33.5. The number of aromatic nitrogens is 1. The molecule has 0 saturated heterocycles. The molecular weight excluding hydrogens is 315 g/mol. The summed E-state index contributed by atoms with van der Waals surface area (Å²) in [7, 11) is -1.71. The molecule has 6 N–H and O–H groups in total. The molecular formula is C10H15BN4O6S. The van der Waals surface area contributed by atoms with E-state index in [-0.39, 0.29) is 36.0 Å². The van der Waals surface area contributed by atoms with E-state index < -0.39 is 25.4 Å². The van der Waals surface area contributed by atoms with Crippen molar-refractivity contribution in [2.45, 2.75) is 12.8 Å². The quantitative estimate of drug-likeness (QED) is 0.157. The second-order valence-electron chi connectivity index (χ2n) is 4.03. The van der Waals surface area contributed by atoms with Crippen LogP contribution in [-0.2, 0) is 14.4 Å². The number of thiazole rings is 1. The number of carboxylic acids is 1. The summed E-state index contributed by atoms with van der Waals surface area (Å²) in [5.41, 5.74) is 5.46. The van der Waals surface area contributed by atoms with Crippen LogP contribution in [0.5, 0.6) is 0 Å². The summed E-state index contributed by atoms with van der Waals surface area (Å²) >= 11 is 1.10. The molecule has 22 heavy (non-hydrogen) atoms. The van der Waals surface area contributed by atoms with Gasteiger partial charge in [-0.1, -0.05) is 5.16 Å². The molecule has 1 heterocycles. The average Bonchev–Trinajstić information content (AvgIpc) is 2.86. The highest BCUT2D eigenvalue weighted by molar-refractivity contribution is 7.13. The number of nitrogens with one attached hydrogen (secondary N) is 1. The van der Waals surface area contributed by atoms with E-state index in [4.69, 9.17) is 25.7 Å². The van der Waals surface area contributed by atoms with Crippen molar-refractivity contribution in [3.05, 3.63) is 11.1 Å². The Labute approximate surface area is 129 Å². The Balaban J connectivity index is 2.69. The molecule has 0 atom stereocenters. The van der Waals surface area contributed by atoms with Crippen LogP contribution < -0.4 is 11.1 Å². The minimum absolute atomic E-state index is 0.00528. The van der Waals surface area contributed by atoms with Crippen molar-refractivity contribution in [3.63, 3.8) is 0 Å². The Kier molecular flexibility index (Phi) is 7.29. The van der Waals surface area contributed by atoms with Crippen LogP contribution in [0.1, 0.15) is 18.5 Å². The van der Waals surface area contributed by atoms with Crippen molar-refractivity contribution in [3.8, 4) is 0 Å². The van der Waals surface area contributed by atoms with Crippen LogP contribution in [-0.4, -0.2) is 57.9 Å². The summed E-state index contributed by atoms with van der Waals surface area (Å²) in [6, 6.07) is 0. The van der Waals surface area contributed by atoms with Crippen LogP contribution in [0.15, 0.2) is 10.5 Å². The fourth-order valence-electron chi connectivity index (χ4n) is 1.27. The van der Waals surface area contributed by atoms with Crippen molar-refractivity contribution >= 4 is 41.2 Å². The lowest BCUT2D eigenvalue weighted by Gasteiger charge is -2.06.